The minimum absolute atomic E-state index is 0.0581. The molecule has 9 nitrogen and oxygen atoms in total. The number of hydrogen-bond donors (Lipinski definition) is 2. The van der Waals surface area contributed by atoms with Gasteiger partial charge in [-0.2, -0.15) is 0 Å². The van der Waals surface area contributed by atoms with Crippen molar-refractivity contribution in [2.45, 2.75) is 19.4 Å². The average Bonchev–Trinajstić information content (AvgIpc) is 3.14. The average molecular weight is 496 g/mol. The van der Waals surface area contributed by atoms with Gasteiger partial charge in [-0.15, -0.1) is 0 Å². The lowest BCUT2D eigenvalue weighted by Gasteiger charge is -2.21. The van der Waals surface area contributed by atoms with Crippen molar-refractivity contribution < 1.29 is 27.5 Å². The van der Waals surface area contributed by atoms with E-state index in [0.29, 0.717) is 27.9 Å². The van der Waals surface area contributed by atoms with Crippen molar-refractivity contribution in [3.05, 3.63) is 47.0 Å². The molecule has 3 rings (SSSR count). The minimum atomic E-state index is -3.37. The summed E-state index contributed by atoms with van der Waals surface area (Å²) in [6.45, 7) is 2.01. The van der Waals surface area contributed by atoms with Crippen LogP contribution in [0.4, 0.5) is 11.4 Å². The summed E-state index contributed by atoms with van der Waals surface area (Å²) >= 11 is 6.23. The molecule has 1 heterocycles. The van der Waals surface area contributed by atoms with Crippen LogP contribution in [0.2, 0.25) is 5.02 Å². The normalized spacial score (nSPS) is 16.9. The van der Waals surface area contributed by atoms with Crippen LogP contribution in [0.15, 0.2) is 36.4 Å². The summed E-state index contributed by atoms with van der Waals surface area (Å²) in [4.78, 5) is 27.1. The minimum Gasteiger partial charge on any atom is -0.495 e. The van der Waals surface area contributed by atoms with E-state index < -0.39 is 15.9 Å². The smallest absolute Gasteiger partial charge is 0.229 e. The third kappa shape index (κ3) is 5.88. The molecular weight excluding hydrogens is 470 g/mol. The van der Waals surface area contributed by atoms with Crippen molar-refractivity contribution in [1.82, 2.24) is 5.32 Å². The zero-order chi connectivity index (χ0) is 24.3. The number of rotatable bonds is 8. The second-order valence-corrected chi connectivity index (χ2v) is 9.95. The predicted molar refractivity (Wildman–Crippen MR) is 126 cm³/mol. The summed E-state index contributed by atoms with van der Waals surface area (Å²) in [6.07, 6.45) is 1.13. The Morgan fingerprint density at radius 2 is 1.79 bits per heavy atom. The van der Waals surface area contributed by atoms with Gasteiger partial charge in [0.1, 0.15) is 11.5 Å². The Morgan fingerprint density at radius 1 is 1.15 bits per heavy atom. The lowest BCUT2D eigenvalue weighted by Crippen LogP contribution is -2.34. The molecule has 1 aliphatic heterocycles. The molecule has 178 valence electrons. The standard InChI is InChI=1S/C22H26ClN3O6S/c1-13(14-5-7-16(8-6-14)25-33(4,29)30)24-22(28)15-9-21(27)26(12-15)18-10-17(23)19(31-2)11-20(18)32-3/h5-8,10-11,13,15,25H,9,12H2,1-4H3,(H,24,28)/t13-,15-/m1/s1. The van der Waals surface area contributed by atoms with Crippen LogP contribution in [0.1, 0.15) is 24.9 Å². The van der Waals surface area contributed by atoms with E-state index in [1.54, 1.807) is 36.4 Å². The number of anilines is 2. The van der Waals surface area contributed by atoms with Gasteiger partial charge in [0.05, 0.1) is 43.1 Å². The van der Waals surface area contributed by atoms with E-state index in [1.807, 2.05) is 6.92 Å². The molecule has 2 aromatic rings. The highest BCUT2D eigenvalue weighted by atomic mass is 35.5. The highest BCUT2D eigenvalue weighted by Crippen LogP contribution is 2.40. The molecule has 0 saturated carbocycles. The second kappa shape index (κ2) is 9.88. The van der Waals surface area contributed by atoms with Gasteiger partial charge in [0.25, 0.3) is 0 Å². The number of methoxy groups -OCH3 is 2. The van der Waals surface area contributed by atoms with Gasteiger partial charge in [0.15, 0.2) is 0 Å². The number of carbonyl (C=O) groups excluding carboxylic acids is 2. The number of nitrogens with one attached hydrogen (secondary N) is 2. The van der Waals surface area contributed by atoms with E-state index in [0.717, 1.165) is 11.8 Å². The van der Waals surface area contributed by atoms with E-state index in [9.17, 15) is 18.0 Å². The van der Waals surface area contributed by atoms with Crippen molar-refractivity contribution in [2.24, 2.45) is 5.92 Å². The summed E-state index contributed by atoms with van der Waals surface area (Å²) in [5, 5.41) is 3.25. The van der Waals surface area contributed by atoms with E-state index in [-0.39, 0.29) is 30.8 Å². The lowest BCUT2D eigenvalue weighted by atomic mass is 10.0. The summed E-state index contributed by atoms with van der Waals surface area (Å²) < 4.78 is 35.6. The van der Waals surface area contributed by atoms with Crippen molar-refractivity contribution in [2.75, 3.05) is 36.6 Å². The fourth-order valence-corrected chi connectivity index (χ4v) is 4.44. The van der Waals surface area contributed by atoms with Crippen molar-refractivity contribution in [1.29, 1.82) is 0 Å². The van der Waals surface area contributed by atoms with E-state index in [4.69, 9.17) is 21.1 Å². The van der Waals surface area contributed by atoms with Crippen molar-refractivity contribution in [3.63, 3.8) is 0 Å². The Bertz CT molecular complexity index is 1150. The fourth-order valence-electron chi connectivity index (χ4n) is 3.64. The highest BCUT2D eigenvalue weighted by molar-refractivity contribution is 7.92. The maximum atomic E-state index is 12.9. The summed E-state index contributed by atoms with van der Waals surface area (Å²) in [6, 6.07) is 9.57. The van der Waals surface area contributed by atoms with E-state index >= 15 is 0 Å². The SMILES string of the molecule is COc1cc(OC)c(N2C[C@H](C(=O)N[C@H](C)c3ccc(NS(C)(=O)=O)cc3)CC2=O)cc1Cl. The topological polar surface area (TPSA) is 114 Å². The second-order valence-electron chi connectivity index (χ2n) is 7.79. The molecule has 2 N–H and O–H groups in total. The van der Waals surface area contributed by atoms with Crippen LogP contribution in [0, 0.1) is 5.92 Å². The molecule has 2 aromatic carbocycles. The molecule has 0 radical (unpaired) electrons. The Kier molecular flexibility index (Phi) is 7.38. The van der Waals surface area contributed by atoms with Gasteiger partial charge >= 0.3 is 0 Å². The number of ether oxygens (including phenoxy) is 2. The van der Waals surface area contributed by atoms with Crippen LogP contribution in [0.25, 0.3) is 0 Å². The molecule has 33 heavy (non-hydrogen) atoms. The summed E-state index contributed by atoms with van der Waals surface area (Å²) in [7, 11) is -0.400. The zero-order valence-corrected chi connectivity index (χ0v) is 20.3. The van der Waals surface area contributed by atoms with Gasteiger partial charge in [-0.05, 0) is 30.7 Å². The largest absolute Gasteiger partial charge is 0.495 e. The van der Waals surface area contributed by atoms with Crippen LogP contribution in [0.5, 0.6) is 11.5 Å². The quantitative estimate of drug-likeness (QED) is 0.582. The number of carbonyl (C=O) groups is 2. The van der Waals surface area contributed by atoms with Gasteiger partial charge in [-0.1, -0.05) is 23.7 Å². The number of nitrogens with zero attached hydrogens (tertiary/aromatic N) is 1. The molecule has 0 unspecified atom stereocenters. The number of benzene rings is 2. The number of halogens is 1. The van der Waals surface area contributed by atoms with Crippen LogP contribution in [0.3, 0.4) is 0 Å². The van der Waals surface area contributed by atoms with E-state index in [2.05, 4.69) is 10.0 Å². The number of amides is 2. The molecule has 2 amide bonds. The Hall–Kier alpha value is -2.98. The van der Waals surface area contributed by atoms with Crippen LogP contribution in [-0.4, -0.2) is 47.3 Å². The summed E-state index contributed by atoms with van der Waals surface area (Å²) in [5.74, 6) is -0.169. The molecule has 1 aliphatic rings. The summed E-state index contributed by atoms with van der Waals surface area (Å²) in [5.41, 5.74) is 1.71. The van der Waals surface area contributed by atoms with Gasteiger partial charge in [0, 0.05) is 24.7 Å². The Balaban J connectivity index is 1.69. The molecule has 0 aliphatic carbocycles. The van der Waals surface area contributed by atoms with Gasteiger partial charge in [-0.25, -0.2) is 8.42 Å². The van der Waals surface area contributed by atoms with Gasteiger partial charge in [0.2, 0.25) is 21.8 Å². The first kappa shape index (κ1) is 24.7. The first-order chi connectivity index (χ1) is 15.5. The van der Waals surface area contributed by atoms with Crippen molar-refractivity contribution >= 4 is 44.8 Å². The molecule has 11 heteroatoms. The molecule has 0 aromatic heterocycles. The molecule has 2 atom stereocenters. The van der Waals surface area contributed by atoms with Crippen molar-refractivity contribution in [3.8, 4) is 11.5 Å². The lowest BCUT2D eigenvalue weighted by molar-refractivity contribution is -0.126. The van der Waals surface area contributed by atoms with Gasteiger partial charge in [-0.3, -0.25) is 14.3 Å². The monoisotopic (exact) mass is 495 g/mol. The first-order valence-electron chi connectivity index (χ1n) is 10.1. The third-order valence-corrected chi connectivity index (χ3v) is 6.21. The van der Waals surface area contributed by atoms with E-state index in [1.165, 1.54) is 19.1 Å². The fraction of sp³-hybridized carbons (Fsp3) is 0.364. The van der Waals surface area contributed by atoms with Crippen LogP contribution < -0.4 is 24.4 Å². The van der Waals surface area contributed by atoms with Crippen LogP contribution in [-0.2, 0) is 19.6 Å². The Morgan fingerprint density at radius 3 is 2.36 bits per heavy atom. The van der Waals surface area contributed by atoms with Gasteiger partial charge < -0.3 is 19.7 Å². The molecule has 1 saturated heterocycles. The molecular formula is C22H26ClN3O6S. The molecule has 0 bridgehead atoms. The molecule has 0 spiro atoms. The first-order valence-corrected chi connectivity index (χ1v) is 12.4. The Labute approximate surface area is 198 Å². The predicted octanol–water partition coefficient (Wildman–Crippen LogP) is 2.96. The number of sulfonamides is 1. The third-order valence-electron chi connectivity index (χ3n) is 5.31. The van der Waals surface area contributed by atoms with Crippen LogP contribution >= 0.6 is 11.6 Å². The zero-order valence-electron chi connectivity index (χ0n) is 18.7. The maximum absolute atomic E-state index is 12.9. The maximum Gasteiger partial charge on any atom is 0.229 e. The molecule has 1 fully saturated rings. The number of hydrogen-bond acceptors (Lipinski definition) is 6. The highest BCUT2D eigenvalue weighted by Gasteiger charge is 2.37.